The molecule has 0 bridgehead atoms. The normalized spacial score (nSPS) is 12.6. The van der Waals surface area contributed by atoms with Gasteiger partial charge in [0.25, 0.3) is 0 Å². The van der Waals surface area contributed by atoms with E-state index < -0.39 is 16.4 Å². The van der Waals surface area contributed by atoms with Gasteiger partial charge in [-0.1, -0.05) is 23.7 Å². The highest BCUT2D eigenvalue weighted by molar-refractivity contribution is 6.33. The third-order valence-corrected chi connectivity index (χ3v) is 5.46. The van der Waals surface area contributed by atoms with Crippen LogP contribution in [-0.4, -0.2) is 26.1 Å². The van der Waals surface area contributed by atoms with E-state index in [0.717, 1.165) is 34.3 Å². The number of aromatic nitrogens is 3. The first-order valence-electron chi connectivity index (χ1n) is 9.41. The fourth-order valence-corrected chi connectivity index (χ4v) is 3.93. The highest BCUT2D eigenvalue weighted by Crippen LogP contribution is 2.39. The van der Waals surface area contributed by atoms with Crippen LogP contribution in [0, 0.1) is 22.9 Å². The molecule has 0 aliphatic carbocycles. The largest absolute Gasteiger partial charge is 0.490 e. The number of nitro groups is 1. The number of halogens is 2. The number of nitrogens with zero attached hydrogens (tertiary/aromatic N) is 4. The Morgan fingerprint density at radius 3 is 3.00 bits per heavy atom. The van der Waals surface area contributed by atoms with Crippen molar-refractivity contribution in [3.8, 4) is 17.0 Å². The molecule has 1 aliphatic heterocycles. The number of benzene rings is 2. The summed E-state index contributed by atoms with van der Waals surface area (Å²) >= 11 is 6.43. The van der Waals surface area contributed by atoms with Crippen molar-refractivity contribution in [1.82, 2.24) is 14.5 Å². The summed E-state index contributed by atoms with van der Waals surface area (Å²) in [5, 5.41) is 15.3. The van der Waals surface area contributed by atoms with Gasteiger partial charge in [0.15, 0.2) is 0 Å². The van der Waals surface area contributed by atoms with Gasteiger partial charge < -0.3 is 14.6 Å². The van der Waals surface area contributed by atoms with Crippen LogP contribution in [0.15, 0.2) is 42.7 Å². The van der Waals surface area contributed by atoms with E-state index >= 15 is 0 Å². The minimum atomic E-state index is -0.901. The summed E-state index contributed by atoms with van der Waals surface area (Å²) < 4.78 is 21.7. The van der Waals surface area contributed by atoms with Gasteiger partial charge in [0.1, 0.15) is 12.4 Å². The van der Waals surface area contributed by atoms with Crippen LogP contribution in [0.5, 0.6) is 5.75 Å². The number of nitrogens with one attached hydrogen (secondary N) is 1. The van der Waals surface area contributed by atoms with E-state index in [-0.39, 0.29) is 5.95 Å². The van der Waals surface area contributed by atoms with Gasteiger partial charge >= 0.3 is 5.69 Å². The molecule has 1 aliphatic rings. The van der Waals surface area contributed by atoms with E-state index in [1.807, 2.05) is 24.4 Å². The maximum Gasteiger partial charge on any atom is 0.306 e. The second kappa shape index (κ2) is 7.21. The van der Waals surface area contributed by atoms with Crippen LogP contribution in [0.2, 0.25) is 5.02 Å². The fraction of sp³-hybridized carbons (Fsp3) is 0.143. The smallest absolute Gasteiger partial charge is 0.306 e. The molecule has 0 unspecified atom stereocenters. The van der Waals surface area contributed by atoms with Crippen molar-refractivity contribution < 1.29 is 14.1 Å². The average Bonchev–Trinajstić information content (AvgIpc) is 3.12. The van der Waals surface area contributed by atoms with Crippen molar-refractivity contribution in [2.45, 2.75) is 13.5 Å². The molecule has 1 N–H and O–H groups in total. The Bertz CT molecular complexity index is 1370. The first kappa shape index (κ1) is 19.3. The molecule has 156 valence electrons. The second-order valence-electron chi connectivity index (χ2n) is 7.13. The number of hydrogen-bond acceptors (Lipinski definition) is 6. The Morgan fingerprint density at radius 2 is 2.19 bits per heavy atom. The predicted molar refractivity (Wildman–Crippen MR) is 115 cm³/mol. The van der Waals surface area contributed by atoms with Crippen molar-refractivity contribution in [2.24, 2.45) is 0 Å². The molecule has 4 aromatic rings. The Kier molecular flexibility index (Phi) is 4.48. The topological polar surface area (TPSA) is 95.1 Å². The molecule has 0 amide bonds. The van der Waals surface area contributed by atoms with Crippen molar-refractivity contribution in [3.05, 3.63) is 69.2 Å². The zero-order valence-electron chi connectivity index (χ0n) is 16.2. The lowest BCUT2D eigenvalue weighted by molar-refractivity contribution is -0.387. The van der Waals surface area contributed by atoms with Crippen LogP contribution in [-0.2, 0) is 6.54 Å². The third kappa shape index (κ3) is 3.23. The summed E-state index contributed by atoms with van der Waals surface area (Å²) in [4.78, 5) is 19.0. The molecule has 0 spiro atoms. The summed E-state index contributed by atoms with van der Waals surface area (Å²) in [7, 11) is 0. The van der Waals surface area contributed by atoms with E-state index in [4.69, 9.17) is 16.3 Å². The van der Waals surface area contributed by atoms with Gasteiger partial charge in [0, 0.05) is 23.2 Å². The number of rotatable bonds is 4. The molecule has 0 saturated heterocycles. The monoisotopic (exact) mass is 439 g/mol. The van der Waals surface area contributed by atoms with Crippen LogP contribution >= 0.6 is 11.6 Å². The van der Waals surface area contributed by atoms with E-state index in [9.17, 15) is 14.5 Å². The van der Waals surface area contributed by atoms with Gasteiger partial charge in [0.05, 0.1) is 39.6 Å². The Labute approximate surface area is 180 Å². The van der Waals surface area contributed by atoms with Gasteiger partial charge in [-0.25, -0.2) is 9.97 Å². The molecular weight excluding hydrogens is 425 g/mol. The molecule has 2 aromatic heterocycles. The summed E-state index contributed by atoms with van der Waals surface area (Å²) in [5.74, 6) is 0.0847. The van der Waals surface area contributed by atoms with Crippen molar-refractivity contribution in [2.75, 3.05) is 11.9 Å². The molecule has 8 nitrogen and oxygen atoms in total. The van der Waals surface area contributed by atoms with Gasteiger partial charge in [-0.15, -0.1) is 0 Å². The Morgan fingerprint density at radius 1 is 1.35 bits per heavy atom. The number of nitro benzene ring substituents is 1. The first-order chi connectivity index (χ1) is 14.9. The van der Waals surface area contributed by atoms with Gasteiger partial charge in [-0.3, -0.25) is 10.1 Å². The highest BCUT2D eigenvalue weighted by atomic mass is 35.5. The van der Waals surface area contributed by atoms with Crippen LogP contribution in [0.25, 0.3) is 22.2 Å². The molecule has 0 atom stereocenters. The molecule has 5 rings (SSSR count). The molecule has 0 radical (unpaired) electrons. The predicted octanol–water partition coefficient (Wildman–Crippen LogP) is 5.24. The number of ether oxygens (including phenoxy) is 1. The average molecular weight is 440 g/mol. The van der Waals surface area contributed by atoms with Crippen molar-refractivity contribution in [1.29, 1.82) is 0 Å². The molecular formula is C21H15ClFN5O3. The molecule has 0 fully saturated rings. The fourth-order valence-electron chi connectivity index (χ4n) is 3.73. The first-order valence-corrected chi connectivity index (χ1v) is 9.79. The minimum Gasteiger partial charge on any atom is -0.490 e. The van der Waals surface area contributed by atoms with E-state index in [1.165, 1.54) is 6.20 Å². The molecule has 0 saturated carbocycles. The number of aryl methyl sites for hydroxylation is 1. The van der Waals surface area contributed by atoms with Crippen molar-refractivity contribution >= 4 is 39.8 Å². The maximum absolute atomic E-state index is 13.8. The summed E-state index contributed by atoms with van der Waals surface area (Å²) in [5.41, 5.74) is 2.48. The number of para-hydroxylation sites is 1. The van der Waals surface area contributed by atoms with E-state index in [0.29, 0.717) is 35.1 Å². The minimum absolute atomic E-state index is 0.187. The summed E-state index contributed by atoms with van der Waals surface area (Å²) in [6.45, 7) is 2.92. The Hall–Kier alpha value is -3.72. The van der Waals surface area contributed by atoms with E-state index in [2.05, 4.69) is 19.9 Å². The lowest BCUT2D eigenvalue weighted by Gasteiger charge is -2.16. The molecule has 10 heteroatoms. The summed E-state index contributed by atoms with van der Waals surface area (Å²) in [6, 6.07) is 8.02. The lowest BCUT2D eigenvalue weighted by atomic mass is 10.1. The van der Waals surface area contributed by atoms with Crippen LogP contribution < -0.4 is 10.1 Å². The summed E-state index contributed by atoms with van der Waals surface area (Å²) in [6.07, 6.45) is 3.44. The molecule has 2 aromatic carbocycles. The van der Waals surface area contributed by atoms with Gasteiger partial charge in [-0.2, -0.15) is 4.39 Å². The Balaban J connectivity index is 1.59. The van der Waals surface area contributed by atoms with Crippen LogP contribution in [0.4, 0.5) is 21.7 Å². The van der Waals surface area contributed by atoms with Gasteiger partial charge in [-0.05, 0) is 24.6 Å². The maximum atomic E-state index is 13.8. The number of anilines is 2. The highest BCUT2D eigenvalue weighted by Gasteiger charge is 2.21. The van der Waals surface area contributed by atoms with Gasteiger partial charge in [0.2, 0.25) is 11.8 Å². The lowest BCUT2D eigenvalue weighted by Crippen LogP contribution is -2.12. The zero-order valence-corrected chi connectivity index (χ0v) is 17.0. The number of hydrogen-bond donors (Lipinski definition) is 1. The van der Waals surface area contributed by atoms with E-state index in [1.54, 1.807) is 6.92 Å². The molecule has 3 heterocycles. The molecule has 31 heavy (non-hydrogen) atoms. The van der Waals surface area contributed by atoms with Crippen LogP contribution in [0.1, 0.15) is 5.56 Å². The SMILES string of the molecule is Cc1cc(F)c([N+](=O)[O-])cc1Nc1ncc(Cl)c(-c2cn3c4c(cccc24)OCC3)n1. The zero-order chi connectivity index (χ0) is 21.7. The van der Waals surface area contributed by atoms with Crippen LogP contribution in [0.3, 0.4) is 0 Å². The third-order valence-electron chi connectivity index (χ3n) is 5.19. The quantitative estimate of drug-likeness (QED) is 0.345. The second-order valence-corrected chi connectivity index (χ2v) is 7.53. The standard InChI is InChI=1S/C21H15ClFN5O3/c1-11-7-15(23)17(28(29)30)8-16(11)25-21-24-9-14(22)19(26-21)13-10-27-5-6-31-18-4-2-3-12(13)20(18)27/h2-4,7-10H,5-6H2,1H3,(H,24,25,26). The van der Waals surface area contributed by atoms with Crippen molar-refractivity contribution in [3.63, 3.8) is 0 Å².